The topological polar surface area (TPSA) is 85.3 Å². The number of nitrogens with zero attached hydrogens (tertiary/aromatic N) is 1. The van der Waals surface area contributed by atoms with E-state index in [1.54, 1.807) is 54.6 Å². The number of aryl methyl sites for hydroxylation is 2. The van der Waals surface area contributed by atoms with Gasteiger partial charge in [-0.25, -0.2) is 0 Å². The van der Waals surface area contributed by atoms with Crippen LogP contribution in [0.4, 0.5) is 5.69 Å². The van der Waals surface area contributed by atoms with Gasteiger partial charge < -0.3 is 19.3 Å². The van der Waals surface area contributed by atoms with Gasteiger partial charge in [0, 0.05) is 11.8 Å². The first-order chi connectivity index (χ1) is 17.7. The summed E-state index contributed by atoms with van der Waals surface area (Å²) in [7, 11) is 3.04. The minimum atomic E-state index is -0.884. The van der Waals surface area contributed by atoms with Gasteiger partial charge in [0.15, 0.2) is 0 Å². The fraction of sp³-hybridized carbons (Fsp3) is 0.267. The Hall–Kier alpha value is -4.26. The van der Waals surface area contributed by atoms with E-state index >= 15 is 0 Å². The predicted molar refractivity (Wildman–Crippen MR) is 142 cm³/mol. The van der Waals surface area contributed by atoms with Gasteiger partial charge in [-0.2, -0.15) is 0 Å². The summed E-state index contributed by atoms with van der Waals surface area (Å²) >= 11 is 0. The zero-order valence-electron chi connectivity index (χ0n) is 21.9. The van der Waals surface area contributed by atoms with Crippen LogP contribution in [0.1, 0.15) is 42.1 Å². The van der Waals surface area contributed by atoms with Crippen molar-refractivity contribution in [1.82, 2.24) is 0 Å². The van der Waals surface area contributed by atoms with E-state index in [0.29, 0.717) is 34.1 Å². The van der Waals surface area contributed by atoms with Gasteiger partial charge in [0.1, 0.15) is 23.0 Å². The molecule has 7 heteroatoms. The third-order valence-electron chi connectivity index (χ3n) is 6.22. The van der Waals surface area contributed by atoms with Crippen molar-refractivity contribution in [3.05, 3.63) is 88.5 Å². The molecule has 1 saturated heterocycles. The Bertz CT molecular complexity index is 1370. The maximum atomic E-state index is 13.5. The number of hydrogen-bond donors (Lipinski definition) is 1. The maximum absolute atomic E-state index is 13.5. The summed E-state index contributed by atoms with van der Waals surface area (Å²) in [4.78, 5) is 28.4. The van der Waals surface area contributed by atoms with Crippen molar-refractivity contribution in [3.63, 3.8) is 0 Å². The maximum Gasteiger partial charge on any atom is 0.300 e. The van der Waals surface area contributed by atoms with Crippen LogP contribution in [0.5, 0.6) is 17.2 Å². The average Bonchev–Trinajstić information content (AvgIpc) is 3.13. The van der Waals surface area contributed by atoms with Crippen LogP contribution in [-0.2, 0) is 9.59 Å². The SMILES string of the molecule is COc1cccc(N2C(=O)C(=O)/C(=C(/O)c3cc(C)cc(C)c3OC)C2c2ccc(OC(C)C)cc2)c1. The Morgan fingerprint density at radius 3 is 2.24 bits per heavy atom. The molecule has 7 nitrogen and oxygen atoms in total. The van der Waals surface area contributed by atoms with Crippen molar-refractivity contribution in [1.29, 1.82) is 0 Å². The molecule has 1 aliphatic rings. The number of aliphatic hydroxyl groups is 1. The second-order valence-electron chi connectivity index (χ2n) is 9.27. The highest BCUT2D eigenvalue weighted by atomic mass is 16.5. The second-order valence-corrected chi connectivity index (χ2v) is 9.27. The van der Waals surface area contributed by atoms with Gasteiger partial charge in [0.25, 0.3) is 11.7 Å². The summed E-state index contributed by atoms with van der Waals surface area (Å²) in [5, 5.41) is 11.6. The van der Waals surface area contributed by atoms with Gasteiger partial charge in [-0.3, -0.25) is 14.5 Å². The molecular formula is C30H31NO6. The van der Waals surface area contributed by atoms with Crippen LogP contribution in [0.3, 0.4) is 0 Å². The molecule has 0 bridgehead atoms. The van der Waals surface area contributed by atoms with Gasteiger partial charge in [0.2, 0.25) is 0 Å². The molecule has 0 radical (unpaired) electrons. The Morgan fingerprint density at radius 1 is 0.919 bits per heavy atom. The van der Waals surface area contributed by atoms with Crippen LogP contribution in [0.2, 0.25) is 0 Å². The van der Waals surface area contributed by atoms with E-state index in [1.165, 1.54) is 19.1 Å². The monoisotopic (exact) mass is 501 g/mol. The summed E-state index contributed by atoms with van der Waals surface area (Å²) < 4.78 is 16.7. The van der Waals surface area contributed by atoms with E-state index < -0.39 is 17.7 Å². The molecule has 0 aliphatic carbocycles. The molecule has 1 aliphatic heterocycles. The minimum Gasteiger partial charge on any atom is -0.507 e. The molecule has 192 valence electrons. The molecule has 1 fully saturated rings. The number of aliphatic hydroxyl groups excluding tert-OH is 1. The fourth-order valence-electron chi connectivity index (χ4n) is 4.72. The first kappa shape index (κ1) is 25.8. The number of anilines is 1. The largest absolute Gasteiger partial charge is 0.507 e. The van der Waals surface area contributed by atoms with E-state index in [-0.39, 0.29) is 17.4 Å². The lowest BCUT2D eigenvalue weighted by Gasteiger charge is -2.26. The molecule has 1 N–H and O–H groups in total. The van der Waals surface area contributed by atoms with E-state index in [0.717, 1.165) is 11.1 Å². The number of rotatable bonds is 7. The van der Waals surface area contributed by atoms with Gasteiger partial charge >= 0.3 is 0 Å². The van der Waals surface area contributed by atoms with Crippen molar-refractivity contribution in [2.24, 2.45) is 0 Å². The van der Waals surface area contributed by atoms with Crippen LogP contribution in [0.25, 0.3) is 5.76 Å². The summed E-state index contributed by atoms with van der Waals surface area (Å²) in [6.07, 6.45) is -0.00899. The lowest BCUT2D eigenvalue weighted by atomic mass is 9.93. The molecule has 1 atom stereocenters. The molecule has 0 aromatic heterocycles. The first-order valence-electron chi connectivity index (χ1n) is 12.0. The number of methoxy groups -OCH3 is 2. The number of ether oxygens (including phenoxy) is 3. The lowest BCUT2D eigenvalue weighted by Crippen LogP contribution is -2.29. The van der Waals surface area contributed by atoms with E-state index in [1.807, 2.05) is 33.8 Å². The van der Waals surface area contributed by atoms with Crippen LogP contribution in [-0.4, -0.2) is 37.1 Å². The summed E-state index contributed by atoms with van der Waals surface area (Å²) in [5.74, 6) is -0.183. The van der Waals surface area contributed by atoms with Gasteiger partial charge in [-0.05, 0) is 74.7 Å². The predicted octanol–water partition coefficient (Wildman–Crippen LogP) is 5.73. The highest BCUT2D eigenvalue weighted by Gasteiger charge is 2.47. The molecule has 0 spiro atoms. The van der Waals surface area contributed by atoms with Crippen molar-refractivity contribution in [2.75, 3.05) is 19.1 Å². The molecule has 1 heterocycles. The quantitative estimate of drug-likeness (QED) is 0.253. The summed E-state index contributed by atoms with van der Waals surface area (Å²) in [5.41, 5.74) is 3.14. The third-order valence-corrected chi connectivity index (χ3v) is 6.22. The number of Topliss-reactive ketones (excluding diaryl/α,β-unsaturated/α-hetero) is 1. The van der Waals surface area contributed by atoms with Crippen LogP contribution in [0, 0.1) is 13.8 Å². The number of hydrogen-bond acceptors (Lipinski definition) is 6. The van der Waals surface area contributed by atoms with Crippen molar-refractivity contribution < 1.29 is 28.9 Å². The van der Waals surface area contributed by atoms with E-state index in [4.69, 9.17) is 14.2 Å². The number of benzene rings is 3. The van der Waals surface area contributed by atoms with Crippen molar-refractivity contribution in [3.8, 4) is 17.2 Å². The third kappa shape index (κ3) is 4.89. The summed E-state index contributed by atoms with van der Waals surface area (Å²) in [6.45, 7) is 7.62. The van der Waals surface area contributed by atoms with Crippen molar-refractivity contribution >= 4 is 23.1 Å². The highest BCUT2D eigenvalue weighted by molar-refractivity contribution is 6.51. The molecule has 1 amide bonds. The second kappa shape index (κ2) is 10.4. The Kier molecular flexibility index (Phi) is 7.25. The Labute approximate surface area is 216 Å². The smallest absolute Gasteiger partial charge is 0.300 e. The lowest BCUT2D eigenvalue weighted by molar-refractivity contribution is -0.132. The summed E-state index contributed by atoms with van der Waals surface area (Å²) in [6, 6.07) is 16.9. The number of ketones is 1. The number of amides is 1. The van der Waals surface area contributed by atoms with Gasteiger partial charge in [-0.1, -0.05) is 24.3 Å². The molecular weight excluding hydrogens is 470 g/mol. The molecule has 3 aromatic rings. The van der Waals surface area contributed by atoms with Gasteiger partial charge in [-0.15, -0.1) is 0 Å². The molecule has 0 saturated carbocycles. The standard InChI is InChI=1S/C30H31NO6/c1-17(2)37-22-12-10-20(11-13-22)26-25(27(32)24-15-18(3)14-19(4)29(24)36-6)28(33)30(34)31(26)21-8-7-9-23(16-21)35-5/h7-17,26,32H,1-6H3/b27-25+. The Balaban J connectivity index is 1.96. The highest BCUT2D eigenvalue weighted by Crippen LogP contribution is 2.44. The van der Waals surface area contributed by atoms with E-state index in [9.17, 15) is 14.7 Å². The van der Waals surface area contributed by atoms with E-state index in [2.05, 4.69) is 0 Å². The Morgan fingerprint density at radius 2 is 1.62 bits per heavy atom. The van der Waals surface area contributed by atoms with Crippen LogP contribution < -0.4 is 19.1 Å². The molecule has 4 rings (SSSR count). The van der Waals surface area contributed by atoms with Crippen molar-refractivity contribution in [2.45, 2.75) is 39.8 Å². The minimum absolute atomic E-state index is 0.00899. The van der Waals surface area contributed by atoms with Gasteiger partial charge in [0.05, 0.1) is 37.5 Å². The zero-order chi connectivity index (χ0) is 26.9. The normalized spacial score (nSPS) is 16.8. The average molecular weight is 502 g/mol. The molecule has 3 aromatic carbocycles. The first-order valence-corrected chi connectivity index (χ1v) is 12.0. The fourth-order valence-corrected chi connectivity index (χ4v) is 4.72. The molecule has 37 heavy (non-hydrogen) atoms. The van der Waals surface area contributed by atoms with Crippen LogP contribution in [0.15, 0.2) is 66.2 Å². The van der Waals surface area contributed by atoms with Crippen LogP contribution >= 0.6 is 0 Å². The molecule has 1 unspecified atom stereocenters. The number of carbonyl (C=O) groups is 2. The zero-order valence-corrected chi connectivity index (χ0v) is 21.9. The number of carbonyl (C=O) groups excluding carboxylic acids is 2.